The van der Waals surface area contributed by atoms with E-state index < -0.39 is 0 Å². The number of fused-ring (bicyclic) bond motifs is 15. The van der Waals surface area contributed by atoms with E-state index >= 15 is 0 Å². The Labute approximate surface area is 325 Å². The first-order valence-corrected chi connectivity index (χ1v) is 19.3. The maximum Gasteiger partial charge on any atom is 0.0699 e. The Morgan fingerprint density at radius 2 is 0.518 bits per heavy atom. The van der Waals surface area contributed by atoms with Crippen molar-refractivity contribution in [3.8, 4) is 0 Å². The van der Waals surface area contributed by atoms with Crippen molar-refractivity contribution >= 4 is 111 Å². The SMILES string of the molecule is CN1c2ccccc2N(c2ccc3c4ccccc4c4c5cc(N6c7ccccc7N(C)c7ccccc76)ccc5c5ccccc5c4c3c2)c2ccccc21. The monoisotopic (exact) mass is 716 g/mol. The third kappa shape index (κ3) is 4.18. The number of rotatable bonds is 2. The first-order valence-electron chi connectivity index (χ1n) is 19.3. The Kier molecular flexibility index (Phi) is 6.44. The van der Waals surface area contributed by atoms with Crippen molar-refractivity contribution in [2.24, 2.45) is 0 Å². The number of para-hydroxylation sites is 8. The molecule has 4 heteroatoms. The molecule has 0 saturated carbocycles. The van der Waals surface area contributed by atoms with Crippen molar-refractivity contribution < 1.29 is 0 Å². The molecule has 0 fully saturated rings. The van der Waals surface area contributed by atoms with E-state index in [1.165, 1.54) is 99.4 Å². The summed E-state index contributed by atoms with van der Waals surface area (Å²) in [7, 11) is 4.33. The molecule has 264 valence electrons. The normalized spacial score (nSPS) is 13.4. The van der Waals surface area contributed by atoms with E-state index in [1.807, 2.05) is 0 Å². The number of hydrogen-bond acceptors (Lipinski definition) is 4. The Hall–Kier alpha value is -7.30. The van der Waals surface area contributed by atoms with Crippen LogP contribution in [0.3, 0.4) is 0 Å². The molecule has 0 bridgehead atoms. The van der Waals surface area contributed by atoms with Crippen LogP contribution in [0.15, 0.2) is 182 Å². The van der Waals surface area contributed by atoms with Crippen molar-refractivity contribution in [1.82, 2.24) is 0 Å². The summed E-state index contributed by atoms with van der Waals surface area (Å²) in [6, 6.07) is 67.1. The standard InChI is InChI=1S/C52H36N4/c1-53-43-19-7-11-23-47(43)55(48-24-12-8-20-44(48)53)33-27-29-37-35-15-3-6-18-40(35)52-42-32-34(28-30-38(42)36-16-4-5-17-39(36)51(52)41(37)31-33)56-49-25-13-9-21-45(49)54(2)46-22-10-14-26-50(46)56/h3-32H,1-2H3. The molecule has 10 aromatic carbocycles. The zero-order valence-electron chi connectivity index (χ0n) is 31.1. The topological polar surface area (TPSA) is 13.0 Å². The summed E-state index contributed by atoms with van der Waals surface area (Å²) in [4.78, 5) is 9.49. The van der Waals surface area contributed by atoms with Gasteiger partial charge in [-0.05, 0) is 127 Å². The molecule has 12 rings (SSSR count). The Balaban J connectivity index is 1.20. The highest BCUT2D eigenvalue weighted by Crippen LogP contribution is 2.54. The average molecular weight is 717 g/mol. The van der Waals surface area contributed by atoms with E-state index in [1.54, 1.807) is 0 Å². The van der Waals surface area contributed by atoms with Gasteiger partial charge in [0.1, 0.15) is 0 Å². The zero-order valence-corrected chi connectivity index (χ0v) is 31.1. The zero-order chi connectivity index (χ0) is 37.1. The smallest absolute Gasteiger partial charge is 0.0699 e. The lowest BCUT2D eigenvalue weighted by molar-refractivity contribution is 1.13. The average Bonchev–Trinajstić information content (AvgIpc) is 3.26. The quantitative estimate of drug-likeness (QED) is 0.165. The highest BCUT2D eigenvalue weighted by molar-refractivity contribution is 6.40. The molecular formula is C52H36N4. The van der Waals surface area contributed by atoms with E-state index in [2.05, 4.69) is 216 Å². The number of nitrogens with zero attached hydrogens (tertiary/aromatic N) is 4. The first kappa shape index (κ1) is 31.1. The summed E-state index contributed by atoms with van der Waals surface area (Å²) in [6.45, 7) is 0. The molecule has 4 nitrogen and oxygen atoms in total. The van der Waals surface area contributed by atoms with Crippen molar-refractivity contribution in [3.63, 3.8) is 0 Å². The van der Waals surface area contributed by atoms with Gasteiger partial charge in [0.05, 0.1) is 45.5 Å². The van der Waals surface area contributed by atoms with Gasteiger partial charge in [-0.1, -0.05) is 109 Å². The van der Waals surface area contributed by atoms with Crippen LogP contribution in [0.25, 0.3) is 53.9 Å². The molecule has 56 heavy (non-hydrogen) atoms. The van der Waals surface area contributed by atoms with Gasteiger partial charge in [-0.25, -0.2) is 0 Å². The largest absolute Gasteiger partial charge is 0.341 e. The van der Waals surface area contributed by atoms with Crippen LogP contribution in [0.4, 0.5) is 56.9 Å². The molecular weight excluding hydrogens is 681 g/mol. The van der Waals surface area contributed by atoms with Gasteiger partial charge in [0.25, 0.3) is 0 Å². The van der Waals surface area contributed by atoms with Crippen LogP contribution >= 0.6 is 0 Å². The second-order valence-corrected chi connectivity index (χ2v) is 15.0. The molecule has 10 aromatic rings. The van der Waals surface area contributed by atoms with Crippen LogP contribution in [-0.2, 0) is 0 Å². The van der Waals surface area contributed by atoms with Crippen LogP contribution in [-0.4, -0.2) is 14.1 Å². The molecule has 0 aliphatic carbocycles. The minimum absolute atomic E-state index is 1.14. The van der Waals surface area contributed by atoms with Crippen molar-refractivity contribution in [2.45, 2.75) is 0 Å². The lowest BCUT2D eigenvalue weighted by Gasteiger charge is -2.38. The minimum Gasteiger partial charge on any atom is -0.341 e. The third-order valence-corrected chi connectivity index (χ3v) is 12.2. The molecule has 0 aromatic heterocycles. The third-order valence-electron chi connectivity index (χ3n) is 12.2. The first-order chi connectivity index (χ1) is 27.7. The highest BCUT2D eigenvalue weighted by atomic mass is 15.3. The fourth-order valence-corrected chi connectivity index (χ4v) is 9.75. The molecule has 0 spiro atoms. The van der Waals surface area contributed by atoms with Gasteiger partial charge in [-0.15, -0.1) is 0 Å². The molecule has 0 amide bonds. The maximum absolute atomic E-state index is 2.44. The van der Waals surface area contributed by atoms with E-state index in [-0.39, 0.29) is 0 Å². The highest BCUT2D eigenvalue weighted by Gasteiger charge is 2.29. The van der Waals surface area contributed by atoms with E-state index in [4.69, 9.17) is 0 Å². The van der Waals surface area contributed by atoms with Gasteiger partial charge in [0.15, 0.2) is 0 Å². The summed E-state index contributed by atoms with van der Waals surface area (Å²) in [5, 5.41) is 12.7. The summed E-state index contributed by atoms with van der Waals surface area (Å²) in [5.41, 5.74) is 11.7. The van der Waals surface area contributed by atoms with Crippen LogP contribution in [0.2, 0.25) is 0 Å². The Morgan fingerprint density at radius 3 is 0.857 bits per heavy atom. The van der Waals surface area contributed by atoms with E-state index in [9.17, 15) is 0 Å². The molecule has 0 atom stereocenters. The Bertz CT molecular complexity index is 2960. The molecule has 0 radical (unpaired) electrons. The molecule has 0 saturated heterocycles. The van der Waals surface area contributed by atoms with Gasteiger partial charge in [-0.2, -0.15) is 0 Å². The lowest BCUT2D eigenvalue weighted by Crippen LogP contribution is -2.23. The van der Waals surface area contributed by atoms with Gasteiger partial charge in [-0.3, -0.25) is 0 Å². The molecule has 2 aliphatic heterocycles. The summed E-state index contributed by atoms with van der Waals surface area (Å²) in [5.74, 6) is 0. The van der Waals surface area contributed by atoms with Crippen LogP contribution in [0, 0.1) is 0 Å². The summed E-state index contributed by atoms with van der Waals surface area (Å²) < 4.78 is 0. The summed E-state index contributed by atoms with van der Waals surface area (Å²) in [6.07, 6.45) is 0. The molecule has 2 heterocycles. The predicted octanol–water partition coefficient (Wildman–Crippen LogP) is 14.6. The maximum atomic E-state index is 2.44. The van der Waals surface area contributed by atoms with Crippen molar-refractivity contribution in [3.05, 3.63) is 182 Å². The molecule has 0 unspecified atom stereocenters. The minimum atomic E-state index is 1.14. The van der Waals surface area contributed by atoms with Crippen LogP contribution < -0.4 is 19.6 Å². The lowest BCUT2D eigenvalue weighted by atomic mass is 9.86. The number of benzene rings is 10. The van der Waals surface area contributed by atoms with Crippen molar-refractivity contribution in [2.75, 3.05) is 33.7 Å². The fraction of sp³-hybridized carbons (Fsp3) is 0.0385. The van der Waals surface area contributed by atoms with Gasteiger partial charge >= 0.3 is 0 Å². The predicted molar refractivity (Wildman–Crippen MR) is 239 cm³/mol. The van der Waals surface area contributed by atoms with Crippen LogP contribution in [0.1, 0.15) is 0 Å². The second-order valence-electron chi connectivity index (χ2n) is 15.0. The fourth-order valence-electron chi connectivity index (χ4n) is 9.75. The van der Waals surface area contributed by atoms with Gasteiger partial charge in [0, 0.05) is 25.5 Å². The van der Waals surface area contributed by atoms with Crippen molar-refractivity contribution in [1.29, 1.82) is 0 Å². The van der Waals surface area contributed by atoms with Gasteiger partial charge in [0.2, 0.25) is 0 Å². The number of hydrogen-bond donors (Lipinski definition) is 0. The Morgan fingerprint density at radius 1 is 0.250 bits per heavy atom. The summed E-state index contributed by atoms with van der Waals surface area (Å²) >= 11 is 0. The second kappa shape index (κ2) is 11.6. The van der Waals surface area contributed by atoms with E-state index in [0.717, 1.165) is 11.4 Å². The molecule has 2 aliphatic rings. The molecule has 0 N–H and O–H groups in total. The van der Waals surface area contributed by atoms with Gasteiger partial charge < -0.3 is 19.6 Å². The van der Waals surface area contributed by atoms with E-state index in [0.29, 0.717) is 0 Å². The van der Waals surface area contributed by atoms with Crippen LogP contribution in [0.5, 0.6) is 0 Å². The number of anilines is 10.